The van der Waals surface area contributed by atoms with Crippen molar-refractivity contribution in [1.29, 1.82) is 0 Å². The first-order valence-electron chi connectivity index (χ1n) is 8.54. The molecule has 1 aromatic heterocycles. The summed E-state index contributed by atoms with van der Waals surface area (Å²) in [7, 11) is 0. The minimum atomic E-state index is -0.230. The SMILES string of the molecule is Cc1ccc(NC(=O)N[C@H](C)Cc2cccs2)cc1N1CCCC1=O. The van der Waals surface area contributed by atoms with Crippen molar-refractivity contribution < 1.29 is 9.59 Å². The summed E-state index contributed by atoms with van der Waals surface area (Å²) in [4.78, 5) is 27.3. The van der Waals surface area contributed by atoms with E-state index in [1.807, 2.05) is 43.5 Å². The Morgan fingerprint density at radius 1 is 1.36 bits per heavy atom. The molecule has 25 heavy (non-hydrogen) atoms. The molecule has 5 nitrogen and oxygen atoms in total. The average Bonchev–Trinajstić information content (AvgIpc) is 3.20. The lowest BCUT2D eigenvalue weighted by Gasteiger charge is -2.20. The molecule has 2 aromatic rings. The monoisotopic (exact) mass is 357 g/mol. The van der Waals surface area contributed by atoms with Gasteiger partial charge in [-0.15, -0.1) is 11.3 Å². The molecular weight excluding hydrogens is 334 g/mol. The molecule has 1 aromatic carbocycles. The molecule has 1 atom stereocenters. The molecule has 2 N–H and O–H groups in total. The van der Waals surface area contributed by atoms with E-state index < -0.39 is 0 Å². The molecule has 0 spiro atoms. The van der Waals surface area contributed by atoms with Crippen LogP contribution in [-0.4, -0.2) is 24.5 Å². The molecule has 3 rings (SSSR count). The maximum Gasteiger partial charge on any atom is 0.319 e. The molecule has 0 unspecified atom stereocenters. The number of nitrogens with one attached hydrogen (secondary N) is 2. The third-order valence-corrected chi connectivity index (χ3v) is 5.19. The second-order valence-corrected chi connectivity index (χ2v) is 7.47. The molecule has 132 valence electrons. The van der Waals surface area contributed by atoms with Gasteiger partial charge in [0, 0.05) is 41.7 Å². The van der Waals surface area contributed by atoms with E-state index in [-0.39, 0.29) is 18.0 Å². The fraction of sp³-hybridized carbons (Fsp3) is 0.368. The van der Waals surface area contributed by atoms with Gasteiger partial charge in [-0.2, -0.15) is 0 Å². The molecule has 0 saturated carbocycles. The van der Waals surface area contributed by atoms with Crippen LogP contribution in [0.15, 0.2) is 35.7 Å². The molecule has 1 saturated heterocycles. The summed E-state index contributed by atoms with van der Waals surface area (Å²) in [6.07, 6.45) is 2.29. The van der Waals surface area contributed by atoms with Gasteiger partial charge in [-0.3, -0.25) is 4.79 Å². The van der Waals surface area contributed by atoms with Crippen LogP contribution in [0.5, 0.6) is 0 Å². The lowest BCUT2D eigenvalue weighted by Crippen LogP contribution is -2.37. The van der Waals surface area contributed by atoms with E-state index in [2.05, 4.69) is 16.7 Å². The Morgan fingerprint density at radius 3 is 2.88 bits per heavy atom. The van der Waals surface area contributed by atoms with E-state index in [4.69, 9.17) is 0 Å². The molecule has 1 aliphatic heterocycles. The highest BCUT2D eigenvalue weighted by Gasteiger charge is 2.23. The number of urea groups is 1. The Hall–Kier alpha value is -2.34. The molecule has 6 heteroatoms. The van der Waals surface area contributed by atoms with Gasteiger partial charge in [0.2, 0.25) is 5.91 Å². The topological polar surface area (TPSA) is 61.4 Å². The van der Waals surface area contributed by atoms with Gasteiger partial charge in [0.1, 0.15) is 0 Å². The molecule has 0 bridgehead atoms. The first-order valence-corrected chi connectivity index (χ1v) is 9.42. The number of hydrogen-bond acceptors (Lipinski definition) is 3. The summed E-state index contributed by atoms with van der Waals surface area (Å²) in [6, 6.07) is 9.58. The van der Waals surface area contributed by atoms with Gasteiger partial charge in [0.15, 0.2) is 0 Å². The number of benzene rings is 1. The molecular formula is C19H23N3O2S. The number of rotatable bonds is 5. The average molecular weight is 357 g/mol. The van der Waals surface area contributed by atoms with E-state index in [0.29, 0.717) is 12.1 Å². The lowest BCUT2D eigenvalue weighted by molar-refractivity contribution is -0.117. The maximum atomic E-state index is 12.2. The Balaban J connectivity index is 1.62. The molecule has 1 fully saturated rings. The van der Waals surface area contributed by atoms with Crippen LogP contribution in [0.1, 0.15) is 30.2 Å². The van der Waals surface area contributed by atoms with Crippen molar-refractivity contribution in [2.75, 3.05) is 16.8 Å². The number of anilines is 2. The summed E-state index contributed by atoms with van der Waals surface area (Å²) in [5.41, 5.74) is 2.61. The van der Waals surface area contributed by atoms with E-state index >= 15 is 0 Å². The van der Waals surface area contributed by atoms with Gasteiger partial charge in [-0.05, 0) is 49.4 Å². The highest BCUT2D eigenvalue weighted by Crippen LogP contribution is 2.28. The van der Waals surface area contributed by atoms with E-state index in [1.54, 1.807) is 16.2 Å². The van der Waals surface area contributed by atoms with Crippen molar-refractivity contribution in [3.63, 3.8) is 0 Å². The van der Waals surface area contributed by atoms with Crippen LogP contribution in [-0.2, 0) is 11.2 Å². The Morgan fingerprint density at radius 2 is 2.20 bits per heavy atom. The first kappa shape index (κ1) is 17.5. The van der Waals surface area contributed by atoms with E-state index in [0.717, 1.165) is 30.6 Å². The highest BCUT2D eigenvalue weighted by molar-refractivity contribution is 7.09. The summed E-state index contributed by atoms with van der Waals surface area (Å²) >= 11 is 1.69. The fourth-order valence-electron chi connectivity index (χ4n) is 3.05. The number of carbonyl (C=O) groups excluding carboxylic acids is 2. The Kier molecular flexibility index (Phi) is 5.38. The molecule has 3 amide bonds. The quantitative estimate of drug-likeness (QED) is 0.851. The zero-order valence-corrected chi connectivity index (χ0v) is 15.4. The van der Waals surface area contributed by atoms with Crippen LogP contribution >= 0.6 is 11.3 Å². The van der Waals surface area contributed by atoms with Crippen LogP contribution in [0.25, 0.3) is 0 Å². The number of hydrogen-bond donors (Lipinski definition) is 2. The van der Waals surface area contributed by atoms with Crippen molar-refractivity contribution in [3.8, 4) is 0 Å². The minimum absolute atomic E-state index is 0.0451. The summed E-state index contributed by atoms with van der Waals surface area (Å²) < 4.78 is 0. The normalized spacial score (nSPS) is 15.3. The first-order chi connectivity index (χ1) is 12.0. The number of amides is 3. The van der Waals surface area contributed by atoms with E-state index in [1.165, 1.54) is 4.88 Å². The van der Waals surface area contributed by atoms with Gasteiger partial charge < -0.3 is 15.5 Å². The third kappa shape index (κ3) is 4.39. The van der Waals surface area contributed by atoms with Crippen LogP contribution in [0, 0.1) is 6.92 Å². The summed E-state index contributed by atoms with van der Waals surface area (Å²) in [5.74, 6) is 0.147. The third-order valence-electron chi connectivity index (χ3n) is 4.30. The van der Waals surface area contributed by atoms with Crippen molar-refractivity contribution in [3.05, 3.63) is 46.2 Å². The van der Waals surface area contributed by atoms with Crippen molar-refractivity contribution in [1.82, 2.24) is 5.32 Å². The minimum Gasteiger partial charge on any atom is -0.335 e. The number of aryl methyl sites for hydroxylation is 1. The molecule has 0 radical (unpaired) electrons. The van der Waals surface area contributed by atoms with Gasteiger partial charge in [-0.1, -0.05) is 12.1 Å². The summed E-state index contributed by atoms with van der Waals surface area (Å²) in [5, 5.41) is 7.87. The highest BCUT2D eigenvalue weighted by atomic mass is 32.1. The van der Waals surface area contributed by atoms with E-state index in [9.17, 15) is 9.59 Å². The predicted octanol–water partition coefficient (Wildman–Crippen LogP) is 3.94. The fourth-order valence-corrected chi connectivity index (χ4v) is 3.89. The van der Waals surface area contributed by atoms with Crippen molar-refractivity contribution in [2.45, 2.75) is 39.2 Å². The largest absolute Gasteiger partial charge is 0.335 e. The van der Waals surface area contributed by atoms with Crippen LogP contribution < -0.4 is 15.5 Å². The van der Waals surface area contributed by atoms with Gasteiger partial charge in [-0.25, -0.2) is 4.79 Å². The molecule has 1 aliphatic rings. The number of carbonyl (C=O) groups is 2. The summed E-state index contributed by atoms with van der Waals surface area (Å²) in [6.45, 7) is 4.71. The zero-order chi connectivity index (χ0) is 17.8. The second-order valence-electron chi connectivity index (χ2n) is 6.43. The van der Waals surface area contributed by atoms with Crippen molar-refractivity contribution in [2.24, 2.45) is 0 Å². The number of nitrogens with zero attached hydrogens (tertiary/aromatic N) is 1. The Bertz CT molecular complexity index is 758. The van der Waals surface area contributed by atoms with Gasteiger partial charge >= 0.3 is 6.03 Å². The Labute approximate surface area is 152 Å². The van der Waals surface area contributed by atoms with Gasteiger partial charge in [0.25, 0.3) is 0 Å². The van der Waals surface area contributed by atoms with Crippen molar-refractivity contribution >= 4 is 34.6 Å². The molecule has 0 aliphatic carbocycles. The number of thiophene rings is 1. The van der Waals surface area contributed by atoms with Gasteiger partial charge in [0.05, 0.1) is 0 Å². The van der Waals surface area contributed by atoms with Crippen LogP contribution in [0.4, 0.5) is 16.2 Å². The molecule has 2 heterocycles. The zero-order valence-electron chi connectivity index (χ0n) is 14.5. The van der Waals surface area contributed by atoms with Crippen LogP contribution in [0.2, 0.25) is 0 Å². The standard InChI is InChI=1S/C19H23N3O2S/c1-13-7-8-15(12-17(13)22-9-3-6-18(22)23)21-19(24)20-14(2)11-16-5-4-10-25-16/h4-5,7-8,10,12,14H,3,6,9,11H2,1-2H3,(H2,20,21,24)/t14-/m1/s1. The smallest absolute Gasteiger partial charge is 0.319 e. The van der Waals surface area contributed by atoms with Crippen LogP contribution in [0.3, 0.4) is 0 Å². The second kappa shape index (κ2) is 7.70. The predicted molar refractivity (Wildman–Crippen MR) is 102 cm³/mol. The lowest BCUT2D eigenvalue weighted by atomic mass is 10.1. The maximum absolute atomic E-state index is 12.2.